The van der Waals surface area contributed by atoms with Gasteiger partial charge in [0.2, 0.25) is 5.82 Å². The summed E-state index contributed by atoms with van der Waals surface area (Å²) in [4.78, 5) is 4.53. The molecule has 0 atom stereocenters. The van der Waals surface area contributed by atoms with Crippen LogP contribution in [0.3, 0.4) is 0 Å². The van der Waals surface area contributed by atoms with Gasteiger partial charge in [-0.05, 0) is 43.3 Å². The predicted octanol–water partition coefficient (Wildman–Crippen LogP) is 3.03. The number of sulfone groups is 1. The van der Waals surface area contributed by atoms with E-state index in [4.69, 9.17) is 9.26 Å². The van der Waals surface area contributed by atoms with Gasteiger partial charge in [-0.3, -0.25) is 0 Å². The zero-order valence-electron chi connectivity index (χ0n) is 13.3. The molecule has 7 heteroatoms. The monoisotopic (exact) mass is 344 g/mol. The third kappa shape index (κ3) is 3.80. The molecule has 24 heavy (non-hydrogen) atoms. The van der Waals surface area contributed by atoms with Gasteiger partial charge in [-0.15, -0.1) is 0 Å². The average Bonchev–Trinajstić information content (AvgIpc) is 3.02. The molecule has 0 fully saturated rings. The zero-order chi connectivity index (χ0) is 17.2. The van der Waals surface area contributed by atoms with Crippen molar-refractivity contribution in [2.75, 3.05) is 6.26 Å². The van der Waals surface area contributed by atoms with Crippen LogP contribution in [0.5, 0.6) is 5.75 Å². The quantitative estimate of drug-likeness (QED) is 0.707. The van der Waals surface area contributed by atoms with Crippen LogP contribution in [0.4, 0.5) is 0 Å². The van der Waals surface area contributed by atoms with Gasteiger partial charge >= 0.3 is 0 Å². The van der Waals surface area contributed by atoms with Crippen molar-refractivity contribution >= 4 is 9.84 Å². The minimum atomic E-state index is -3.21. The third-order valence-corrected chi connectivity index (χ3v) is 4.51. The average molecular weight is 344 g/mol. The van der Waals surface area contributed by atoms with E-state index in [0.29, 0.717) is 17.5 Å². The van der Waals surface area contributed by atoms with Crippen LogP contribution >= 0.6 is 0 Å². The van der Waals surface area contributed by atoms with E-state index in [2.05, 4.69) is 10.1 Å². The Hall–Kier alpha value is -2.67. The molecular formula is C17H16N2O4S. The van der Waals surface area contributed by atoms with E-state index in [0.717, 1.165) is 17.4 Å². The van der Waals surface area contributed by atoms with Crippen LogP contribution < -0.4 is 4.74 Å². The van der Waals surface area contributed by atoms with Crippen LogP contribution in [0.1, 0.15) is 11.4 Å². The largest absolute Gasteiger partial charge is 0.485 e. The standard InChI is InChI=1S/C17H16N2O4S/c1-12-3-5-13(6-4-12)17-18-16(19-23-17)11-22-14-7-9-15(10-8-14)24(2,20)21/h3-10H,11H2,1-2H3. The Morgan fingerprint density at radius 3 is 2.33 bits per heavy atom. The first-order valence-electron chi connectivity index (χ1n) is 7.24. The Bertz CT molecular complexity index is 929. The molecule has 0 bridgehead atoms. The van der Waals surface area contributed by atoms with Crippen LogP contribution in [0, 0.1) is 6.92 Å². The minimum Gasteiger partial charge on any atom is -0.485 e. The molecule has 0 unspecified atom stereocenters. The molecule has 0 aliphatic heterocycles. The lowest BCUT2D eigenvalue weighted by Gasteiger charge is -2.04. The molecule has 0 aliphatic carbocycles. The molecule has 1 aromatic heterocycles. The molecule has 0 aliphatic rings. The SMILES string of the molecule is Cc1ccc(-c2nc(COc3ccc(S(C)(=O)=O)cc3)no2)cc1. The van der Waals surface area contributed by atoms with E-state index in [1.807, 2.05) is 31.2 Å². The predicted molar refractivity (Wildman–Crippen MR) is 88.4 cm³/mol. The molecule has 0 saturated heterocycles. The van der Waals surface area contributed by atoms with E-state index < -0.39 is 9.84 Å². The maximum Gasteiger partial charge on any atom is 0.258 e. The van der Waals surface area contributed by atoms with Crippen LogP contribution in [0.25, 0.3) is 11.5 Å². The van der Waals surface area contributed by atoms with Crippen molar-refractivity contribution in [1.82, 2.24) is 10.1 Å². The van der Waals surface area contributed by atoms with Gasteiger partial charge in [-0.1, -0.05) is 22.9 Å². The Morgan fingerprint density at radius 1 is 1.04 bits per heavy atom. The van der Waals surface area contributed by atoms with Crippen LogP contribution in [-0.2, 0) is 16.4 Å². The zero-order valence-corrected chi connectivity index (χ0v) is 14.1. The topological polar surface area (TPSA) is 82.3 Å². The van der Waals surface area contributed by atoms with Crippen molar-refractivity contribution in [3.05, 3.63) is 59.9 Å². The van der Waals surface area contributed by atoms with Crippen molar-refractivity contribution in [2.45, 2.75) is 18.4 Å². The van der Waals surface area contributed by atoms with E-state index in [9.17, 15) is 8.42 Å². The number of rotatable bonds is 5. The summed E-state index contributed by atoms with van der Waals surface area (Å²) in [6.07, 6.45) is 1.16. The number of nitrogens with zero attached hydrogens (tertiary/aromatic N) is 2. The fourth-order valence-corrected chi connectivity index (χ4v) is 2.69. The number of hydrogen-bond acceptors (Lipinski definition) is 6. The van der Waals surface area contributed by atoms with Crippen molar-refractivity contribution in [1.29, 1.82) is 0 Å². The molecular weight excluding hydrogens is 328 g/mol. The number of hydrogen-bond donors (Lipinski definition) is 0. The second-order valence-corrected chi connectivity index (χ2v) is 7.43. The van der Waals surface area contributed by atoms with Crippen LogP contribution in [0.2, 0.25) is 0 Å². The molecule has 124 valence electrons. The van der Waals surface area contributed by atoms with E-state index in [1.165, 1.54) is 12.1 Å². The molecule has 3 rings (SSSR count). The molecule has 0 saturated carbocycles. The van der Waals surface area contributed by atoms with Crippen molar-refractivity contribution in [3.63, 3.8) is 0 Å². The molecule has 0 radical (unpaired) electrons. The van der Waals surface area contributed by atoms with Gasteiger partial charge < -0.3 is 9.26 Å². The normalized spacial score (nSPS) is 11.4. The highest BCUT2D eigenvalue weighted by Crippen LogP contribution is 2.19. The first-order chi connectivity index (χ1) is 11.4. The Labute approximate surface area is 140 Å². The van der Waals surface area contributed by atoms with Gasteiger partial charge in [0.25, 0.3) is 5.89 Å². The number of ether oxygens (including phenoxy) is 1. The van der Waals surface area contributed by atoms with E-state index in [1.54, 1.807) is 12.1 Å². The van der Waals surface area contributed by atoms with Crippen molar-refractivity contribution < 1.29 is 17.7 Å². The summed E-state index contributed by atoms with van der Waals surface area (Å²) < 4.78 is 33.6. The lowest BCUT2D eigenvalue weighted by molar-refractivity contribution is 0.287. The van der Waals surface area contributed by atoms with Gasteiger partial charge in [0, 0.05) is 11.8 Å². The highest BCUT2D eigenvalue weighted by Gasteiger charge is 2.10. The fourth-order valence-electron chi connectivity index (χ4n) is 2.06. The molecule has 0 amide bonds. The Morgan fingerprint density at radius 2 is 1.71 bits per heavy atom. The van der Waals surface area contributed by atoms with E-state index >= 15 is 0 Å². The fraction of sp³-hybridized carbons (Fsp3) is 0.176. The van der Waals surface area contributed by atoms with Crippen molar-refractivity contribution in [2.24, 2.45) is 0 Å². The van der Waals surface area contributed by atoms with Gasteiger partial charge in [-0.25, -0.2) is 8.42 Å². The van der Waals surface area contributed by atoms with E-state index in [-0.39, 0.29) is 11.5 Å². The number of aromatic nitrogens is 2. The minimum absolute atomic E-state index is 0.133. The molecule has 2 aromatic carbocycles. The second-order valence-electron chi connectivity index (χ2n) is 5.41. The highest BCUT2D eigenvalue weighted by molar-refractivity contribution is 7.90. The first kappa shape index (κ1) is 16.2. The Kier molecular flexibility index (Phi) is 4.35. The second kappa shape index (κ2) is 6.45. The van der Waals surface area contributed by atoms with Gasteiger partial charge in [0.15, 0.2) is 16.4 Å². The van der Waals surface area contributed by atoms with Gasteiger partial charge in [0.1, 0.15) is 5.75 Å². The summed E-state index contributed by atoms with van der Waals surface area (Å²) in [5, 5.41) is 3.88. The molecule has 1 heterocycles. The Balaban J connectivity index is 1.66. The van der Waals surface area contributed by atoms with Gasteiger partial charge in [0.05, 0.1) is 4.90 Å². The van der Waals surface area contributed by atoms with Crippen LogP contribution in [-0.4, -0.2) is 24.8 Å². The maximum absolute atomic E-state index is 11.4. The molecule has 0 spiro atoms. The summed E-state index contributed by atoms with van der Waals surface area (Å²) >= 11 is 0. The summed E-state index contributed by atoms with van der Waals surface area (Å²) in [6, 6.07) is 14.0. The highest BCUT2D eigenvalue weighted by atomic mass is 32.2. The summed E-state index contributed by atoms with van der Waals surface area (Å²) in [6.45, 7) is 2.14. The van der Waals surface area contributed by atoms with Gasteiger partial charge in [-0.2, -0.15) is 4.98 Å². The summed E-state index contributed by atoms with van der Waals surface area (Å²) in [7, 11) is -3.21. The number of aryl methyl sites for hydroxylation is 1. The molecule has 3 aromatic rings. The maximum atomic E-state index is 11.4. The third-order valence-electron chi connectivity index (χ3n) is 3.39. The number of benzene rings is 2. The summed E-state index contributed by atoms with van der Waals surface area (Å²) in [5.41, 5.74) is 2.00. The lowest BCUT2D eigenvalue weighted by atomic mass is 10.1. The summed E-state index contributed by atoms with van der Waals surface area (Å²) in [5.74, 6) is 1.38. The smallest absolute Gasteiger partial charge is 0.258 e. The van der Waals surface area contributed by atoms with Crippen molar-refractivity contribution in [3.8, 4) is 17.2 Å². The lowest BCUT2D eigenvalue weighted by Crippen LogP contribution is -1.99. The molecule has 0 N–H and O–H groups in total. The molecule has 6 nitrogen and oxygen atoms in total. The van der Waals surface area contributed by atoms with Crippen LogP contribution in [0.15, 0.2) is 57.9 Å². The first-order valence-corrected chi connectivity index (χ1v) is 9.13.